The summed E-state index contributed by atoms with van der Waals surface area (Å²) in [6.45, 7) is 13.8. The molecule has 0 bridgehead atoms. The summed E-state index contributed by atoms with van der Waals surface area (Å²) in [4.78, 5) is 7.33. The van der Waals surface area contributed by atoms with Crippen LogP contribution in [0.5, 0.6) is 0 Å². The van der Waals surface area contributed by atoms with Crippen LogP contribution in [0.2, 0.25) is 0 Å². The molecule has 0 aromatic rings. The predicted molar refractivity (Wildman–Crippen MR) is 104 cm³/mol. The van der Waals surface area contributed by atoms with Crippen LogP contribution in [0.25, 0.3) is 0 Å². The molecule has 5 nitrogen and oxygen atoms in total. The van der Waals surface area contributed by atoms with Gasteiger partial charge in [0.1, 0.15) is 0 Å². The van der Waals surface area contributed by atoms with E-state index in [2.05, 4.69) is 43.2 Å². The van der Waals surface area contributed by atoms with Crippen LogP contribution in [0.4, 0.5) is 0 Å². The normalized spacial score (nSPS) is 19.3. The molecule has 1 saturated carbocycles. The number of hydrogen-bond donors (Lipinski definition) is 3. The number of likely N-dealkylation sites (N-methyl/N-ethyl adjacent to an activating group) is 1. The Morgan fingerprint density at radius 3 is 2.33 bits per heavy atom. The lowest BCUT2D eigenvalue weighted by Gasteiger charge is -2.36. The van der Waals surface area contributed by atoms with Crippen LogP contribution >= 0.6 is 0 Å². The maximum Gasteiger partial charge on any atom is 0.191 e. The number of aliphatic imine (C=N–C) groups is 1. The van der Waals surface area contributed by atoms with E-state index in [4.69, 9.17) is 4.99 Å². The fourth-order valence-electron chi connectivity index (χ4n) is 3.84. The molecule has 1 rings (SSSR count). The third kappa shape index (κ3) is 6.98. The van der Waals surface area contributed by atoms with Crippen molar-refractivity contribution in [1.29, 1.82) is 0 Å². The molecular formula is C19H40N4O. The van der Waals surface area contributed by atoms with E-state index in [1.807, 2.05) is 0 Å². The Labute approximate surface area is 149 Å². The van der Waals surface area contributed by atoms with Crippen LogP contribution in [0.1, 0.15) is 66.2 Å². The zero-order valence-electron chi connectivity index (χ0n) is 16.4. The van der Waals surface area contributed by atoms with Gasteiger partial charge in [0.05, 0.1) is 0 Å². The third-order valence-corrected chi connectivity index (χ3v) is 5.47. The summed E-state index contributed by atoms with van der Waals surface area (Å²) in [5.41, 5.74) is 0.208. The lowest BCUT2D eigenvalue weighted by atomic mass is 9.72. The van der Waals surface area contributed by atoms with Crippen LogP contribution < -0.4 is 10.6 Å². The maximum absolute atomic E-state index is 9.46. The molecule has 0 heterocycles. The number of nitrogens with one attached hydrogen (secondary N) is 2. The van der Waals surface area contributed by atoms with E-state index in [1.165, 1.54) is 32.1 Å². The summed E-state index contributed by atoms with van der Waals surface area (Å²) in [6.07, 6.45) is 7.16. The van der Waals surface area contributed by atoms with Gasteiger partial charge in [0, 0.05) is 32.3 Å². The molecule has 1 aliphatic carbocycles. The molecule has 1 unspecified atom stereocenters. The van der Waals surface area contributed by atoms with Gasteiger partial charge in [-0.25, -0.2) is 0 Å². The number of aliphatic hydroxyl groups is 1. The summed E-state index contributed by atoms with van der Waals surface area (Å²) in [7, 11) is 0. The number of nitrogens with zero attached hydrogens (tertiary/aromatic N) is 2. The van der Waals surface area contributed by atoms with E-state index in [-0.39, 0.29) is 12.0 Å². The van der Waals surface area contributed by atoms with Crippen molar-refractivity contribution in [2.24, 2.45) is 10.4 Å². The first-order valence-corrected chi connectivity index (χ1v) is 9.97. The van der Waals surface area contributed by atoms with E-state index in [9.17, 15) is 5.11 Å². The second-order valence-corrected chi connectivity index (χ2v) is 7.18. The number of aliphatic hydroxyl groups excluding tert-OH is 1. The van der Waals surface area contributed by atoms with Crippen molar-refractivity contribution in [3.63, 3.8) is 0 Å². The first kappa shape index (κ1) is 21.2. The molecule has 142 valence electrons. The van der Waals surface area contributed by atoms with Gasteiger partial charge in [-0.2, -0.15) is 0 Å². The summed E-state index contributed by atoms with van der Waals surface area (Å²) >= 11 is 0. The molecule has 1 aliphatic rings. The van der Waals surface area contributed by atoms with Gasteiger partial charge in [-0.3, -0.25) is 9.89 Å². The maximum atomic E-state index is 9.46. The van der Waals surface area contributed by atoms with Gasteiger partial charge in [0.25, 0.3) is 0 Å². The standard InChI is InChI=1S/C19H40N4O/c1-5-20-18(21-15-17(4)23(6-2)7-3)22-16-19(13-14-24)11-9-8-10-12-19/h17,24H,5-16H2,1-4H3,(H2,20,21,22). The van der Waals surface area contributed by atoms with Gasteiger partial charge in [0.15, 0.2) is 5.96 Å². The second-order valence-electron chi connectivity index (χ2n) is 7.18. The summed E-state index contributed by atoms with van der Waals surface area (Å²) in [5.74, 6) is 0.916. The topological polar surface area (TPSA) is 59.9 Å². The lowest BCUT2D eigenvalue weighted by Crippen LogP contribution is -2.46. The van der Waals surface area contributed by atoms with Crippen molar-refractivity contribution >= 4 is 5.96 Å². The van der Waals surface area contributed by atoms with E-state index >= 15 is 0 Å². The zero-order valence-corrected chi connectivity index (χ0v) is 16.4. The van der Waals surface area contributed by atoms with Crippen molar-refractivity contribution in [3.05, 3.63) is 0 Å². The average Bonchev–Trinajstić information content (AvgIpc) is 2.59. The van der Waals surface area contributed by atoms with Crippen molar-refractivity contribution in [3.8, 4) is 0 Å². The zero-order chi connectivity index (χ0) is 17.8. The number of hydrogen-bond acceptors (Lipinski definition) is 3. The van der Waals surface area contributed by atoms with Gasteiger partial charge in [-0.1, -0.05) is 33.1 Å². The summed E-state index contributed by atoms with van der Waals surface area (Å²) in [6, 6.07) is 0.491. The molecule has 0 saturated heterocycles. The molecule has 0 spiro atoms. The monoisotopic (exact) mass is 340 g/mol. The Kier molecular flexibility index (Phi) is 10.3. The Hall–Kier alpha value is -0.810. The second kappa shape index (κ2) is 11.7. The highest BCUT2D eigenvalue weighted by Gasteiger charge is 2.31. The predicted octanol–water partition coefficient (Wildman–Crippen LogP) is 2.60. The van der Waals surface area contributed by atoms with Crippen molar-refractivity contribution in [1.82, 2.24) is 15.5 Å². The van der Waals surface area contributed by atoms with E-state index in [0.29, 0.717) is 6.04 Å². The van der Waals surface area contributed by atoms with Crippen LogP contribution in [0.3, 0.4) is 0 Å². The SMILES string of the molecule is CCNC(=NCC1(CCO)CCCCC1)NCC(C)N(CC)CC. The van der Waals surface area contributed by atoms with Crippen LogP contribution in [-0.2, 0) is 0 Å². The highest BCUT2D eigenvalue weighted by Crippen LogP contribution is 2.39. The molecule has 1 fully saturated rings. The van der Waals surface area contributed by atoms with Gasteiger partial charge in [-0.05, 0) is 51.6 Å². The summed E-state index contributed by atoms with van der Waals surface area (Å²) < 4.78 is 0. The molecule has 0 amide bonds. The van der Waals surface area contributed by atoms with Crippen molar-refractivity contribution in [2.75, 3.05) is 39.3 Å². The molecule has 0 aliphatic heterocycles. The molecule has 0 aromatic heterocycles. The van der Waals surface area contributed by atoms with Crippen LogP contribution in [0.15, 0.2) is 4.99 Å². The highest BCUT2D eigenvalue weighted by atomic mass is 16.3. The van der Waals surface area contributed by atoms with E-state index in [1.54, 1.807) is 0 Å². The van der Waals surface area contributed by atoms with Gasteiger partial charge < -0.3 is 15.7 Å². The minimum atomic E-state index is 0.208. The van der Waals surface area contributed by atoms with Gasteiger partial charge in [-0.15, -0.1) is 0 Å². The van der Waals surface area contributed by atoms with Gasteiger partial charge >= 0.3 is 0 Å². The first-order chi connectivity index (χ1) is 11.6. The number of rotatable bonds is 10. The smallest absolute Gasteiger partial charge is 0.191 e. The average molecular weight is 341 g/mol. The quantitative estimate of drug-likeness (QED) is 0.423. The fourth-order valence-corrected chi connectivity index (χ4v) is 3.84. The van der Waals surface area contributed by atoms with Crippen LogP contribution in [0, 0.1) is 5.41 Å². The Morgan fingerprint density at radius 2 is 1.79 bits per heavy atom. The molecular weight excluding hydrogens is 300 g/mol. The van der Waals surface area contributed by atoms with E-state index in [0.717, 1.165) is 45.1 Å². The molecule has 5 heteroatoms. The molecule has 3 N–H and O–H groups in total. The Bertz CT molecular complexity index is 344. The highest BCUT2D eigenvalue weighted by molar-refractivity contribution is 5.79. The Morgan fingerprint density at radius 1 is 1.12 bits per heavy atom. The summed E-state index contributed by atoms with van der Waals surface area (Å²) in [5, 5.41) is 16.3. The van der Waals surface area contributed by atoms with Crippen molar-refractivity contribution < 1.29 is 5.11 Å². The number of guanidine groups is 1. The molecule has 0 aromatic carbocycles. The minimum absolute atomic E-state index is 0.208. The minimum Gasteiger partial charge on any atom is -0.396 e. The van der Waals surface area contributed by atoms with Crippen LogP contribution in [-0.4, -0.2) is 61.3 Å². The third-order valence-electron chi connectivity index (χ3n) is 5.47. The lowest BCUT2D eigenvalue weighted by molar-refractivity contribution is 0.137. The van der Waals surface area contributed by atoms with E-state index < -0.39 is 0 Å². The largest absolute Gasteiger partial charge is 0.396 e. The van der Waals surface area contributed by atoms with Gasteiger partial charge in [0.2, 0.25) is 0 Å². The fraction of sp³-hybridized carbons (Fsp3) is 0.947. The molecule has 1 atom stereocenters. The molecule has 0 radical (unpaired) electrons. The van der Waals surface area contributed by atoms with Crippen molar-refractivity contribution in [2.45, 2.75) is 72.3 Å². The molecule has 24 heavy (non-hydrogen) atoms. The first-order valence-electron chi connectivity index (χ1n) is 9.97. The Balaban J connectivity index is 2.62.